The summed E-state index contributed by atoms with van der Waals surface area (Å²) in [5.74, 6) is 0.614. The number of benzene rings is 3. The molecule has 0 aromatic heterocycles. The number of anilines is 2. The highest BCUT2D eigenvalue weighted by Crippen LogP contribution is 2.36. The molecule has 0 saturated carbocycles. The van der Waals surface area contributed by atoms with Crippen LogP contribution in [0, 0.1) is 0 Å². The molecule has 1 atom stereocenters. The lowest BCUT2D eigenvalue weighted by Crippen LogP contribution is -2.30. The molecule has 186 valence electrons. The van der Waals surface area contributed by atoms with Crippen molar-refractivity contribution in [2.75, 3.05) is 17.1 Å². The molecule has 7 nitrogen and oxygen atoms in total. The molecule has 0 fully saturated rings. The summed E-state index contributed by atoms with van der Waals surface area (Å²) in [5, 5.41) is 2.05. The molecule has 0 heterocycles. The minimum Gasteiger partial charge on any atom is -0.497 e. The Hall–Kier alpha value is -3.44. The number of sulfonamides is 1. The van der Waals surface area contributed by atoms with Crippen LogP contribution in [-0.4, -0.2) is 27.5 Å². The van der Waals surface area contributed by atoms with Crippen molar-refractivity contribution in [3.05, 3.63) is 77.3 Å². The van der Waals surface area contributed by atoms with E-state index in [9.17, 15) is 26.4 Å². The maximum Gasteiger partial charge on any atom is 0.417 e. The van der Waals surface area contributed by atoms with Gasteiger partial charge in [0, 0.05) is 11.4 Å². The van der Waals surface area contributed by atoms with Gasteiger partial charge in [0.05, 0.1) is 22.6 Å². The number of carbonyl (C=O) groups excluding carboxylic acids is 1. The number of rotatable bonds is 8. The Morgan fingerprint density at radius 2 is 1.51 bits per heavy atom. The number of halogens is 4. The van der Waals surface area contributed by atoms with E-state index < -0.39 is 38.8 Å². The lowest BCUT2D eigenvalue weighted by Gasteiger charge is -2.15. The molecule has 0 radical (unpaired) electrons. The van der Waals surface area contributed by atoms with Crippen molar-refractivity contribution >= 4 is 38.9 Å². The zero-order chi connectivity index (χ0) is 25.8. The Morgan fingerprint density at radius 3 is 2.09 bits per heavy atom. The van der Waals surface area contributed by atoms with Crippen LogP contribution in [-0.2, 0) is 21.0 Å². The van der Waals surface area contributed by atoms with Crippen LogP contribution in [0.2, 0.25) is 5.02 Å². The first kappa shape index (κ1) is 26.2. The highest BCUT2D eigenvalue weighted by atomic mass is 35.5. The van der Waals surface area contributed by atoms with E-state index in [2.05, 4.69) is 10.0 Å². The summed E-state index contributed by atoms with van der Waals surface area (Å²) in [4.78, 5) is 12.2. The Morgan fingerprint density at radius 1 is 0.943 bits per heavy atom. The van der Waals surface area contributed by atoms with Gasteiger partial charge in [-0.25, -0.2) is 8.42 Å². The number of carbonyl (C=O) groups is 1. The van der Waals surface area contributed by atoms with Gasteiger partial charge in [-0.1, -0.05) is 11.6 Å². The van der Waals surface area contributed by atoms with Crippen molar-refractivity contribution in [3.63, 3.8) is 0 Å². The van der Waals surface area contributed by atoms with Crippen molar-refractivity contribution in [2.45, 2.75) is 24.1 Å². The minimum absolute atomic E-state index is 0.221. The Bertz CT molecular complexity index is 1300. The van der Waals surface area contributed by atoms with Crippen LogP contribution in [0.15, 0.2) is 71.6 Å². The number of ether oxygens (including phenoxy) is 2. The minimum atomic E-state index is -4.74. The molecule has 3 rings (SSSR count). The van der Waals surface area contributed by atoms with Crippen LogP contribution < -0.4 is 19.5 Å². The van der Waals surface area contributed by atoms with Gasteiger partial charge in [-0.15, -0.1) is 0 Å². The van der Waals surface area contributed by atoms with Gasteiger partial charge in [0.15, 0.2) is 6.10 Å². The van der Waals surface area contributed by atoms with E-state index in [1.165, 1.54) is 31.4 Å². The fraction of sp³-hybridized carbons (Fsp3) is 0.174. The Kier molecular flexibility index (Phi) is 7.81. The van der Waals surface area contributed by atoms with Gasteiger partial charge in [0.2, 0.25) is 0 Å². The molecule has 0 spiro atoms. The highest BCUT2D eigenvalue weighted by molar-refractivity contribution is 7.92. The molecule has 3 aromatic rings. The summed E-state index contributed by atoms with van der Waals surface area (Å²) >= 11 is 5.56. The van der Waals surface area contributed by atoms with Gasteiger partial charge < -0.3 is 14.8 Å². The summed E-state index contributed by atoms with van der Waals surface area (Å²) < 4.78 is 77.0. The maximum absolute atomic E-state index is 13.0. The van der Waals surface area contributed by atoms with Crippen molar-refractivity contribution in [1.29, 1.82) is 0 Å². The van der Waals surface area contributed by atoms with Gasteiger partial charge >= 0.3 is 6.18 Å². The van der Waals surface area contributed by atoms with E-state index in [0.29, 0.717) is 23.3 Å². The van der Waals surface area contributed by atoms with Crippen molar-refractivity contribution < 1.29 is 35.9 Å². The number of methoxy groups -OCH3 is 1. The summed E-state index contributed by atoms with van der Waals surface area (Å²) in [6.07, 6.45) is -5.60. The molecular weight excluding hydrogens is 509 g/mol. The first-order valence-electron chi connectivity index (χ1n) is 10.0. The highest BCUT2D eigenvalue weighted by Gasteiger charge is 2.33. The van der Waals surface area contributed by atoms with E-state index in [4.69, 9.17) is 21.1 Å². The molecule has 1 amide bonds. The quantitative estimate of drug-likeness (QED) is 0.398. The molecule has 0 bridgehead atoms. The van der Waals surface area contributed by atoms with Crippen molar-refractivity contribution in [3.8, 4) is 11.5 Å². The molecule has 12 heteroatoms. The van der Waals surface area contributed by atoms with Crippen molar-refractivity contribution in [2.24, 2.45) is 0 Å². The topological polar surface area (TPSA) is 93.7 Å². The third-order valence-corrected chi connectivity index (χ3v) is 6.42. The second-order valence-corrected chi connectivity index (χ2v) is 9.34. The normalized spacial score (nSPS) is 12.5. The number of alkyl halides is 3. The first-order valence-corrected chi connectivity index (χ1v) is 11.9. The molecule has 2 N–H and O–H groups in total. The van der Waals surface area contributed by atoms with E-state index >= 15 is 0 Å². The summed E-state index contributed by atoms with van der Waals surface area (Å²) in [6, 6.07) is 14.4. The van der Waals surface area contributed by atoms with Gasteiger partial charge in [-0.3, -0.25) is 9.52 Å². The van der Waals surface area contributed by atoms with E-state index in [1.807, 2.05) is 0 Å². The number of hydrogen-bond donors (Lipinski definition) is 2. The van der Waals surface area contributed by atoms with Crippen LogP contribution in [0.3, 0.4) is 0 Å². The number of nitrogens with one attached hydrogen (secondary N) is 2. The molecule has 1 unspecified atom stereocenters. The Balaban J connectivity index is 1.66. The molecule has 0 aliphatic rings. The van der Waals surface area contributed by atoms with E-state index in [-0.39, 0.29) is 10.6 Å². The first-order chi connectivity index (χ1) is 16.4. The van der Waals surface area contributed by atoms with Crippen LogP contribution in [0.5, 0.6) is 11.5 Å². The van der Waals surface area contributed by atoms with Crippen LogP contribution in [0.4, 0.5) is 24.5 Å². The second-order valence-electron chi connectivity index (χ2n) is 7.25. The molecule has 0 aliphatic carbocycles. The lowest BCUT2D eigenvalue weighted by molar-refractivity contribution is -0.137. The van der Waals surface area contributed by atoms with Crippen LogP contribution >= 0.6 is 11.6 Å². The SMILES string of the molecule is COc1ccc(OC(C)C(=O)Nc2ccc(S(=O)(=O)Nc3ccc(Cl)c(C(F)(F)F)c3)cc2)cc1. The maximum atomic E-state index is 13.0. The monoisotopic (exact) mass is 528 g/mol. The number of hydrogen-bond acceptors (Lipinski definition) is 5. The average molecular weight is 529 g/mol. The van der Waals surface area contributed by atoms with Gasteiger partial charge in [-0.2, -0.15) is 13.2 Å². The van der Waals surface area contributed by atoms with Gasteiger partial charge in [0.25, 0.3) is 15.9 Å². The molecule has 0 saturated heterocycles. The molecule has 0 aliphatic heterocycles. The fourth-order valence-electron chi connectivity index (χ4n) is 2.89. The molecular formula is C23H20ClF3N2O5S. The zero-order valence-corrected chi connectivity index (χ0v) is 20.0. The smallest absolute Gasteiger partial charge is 0.417 e. The van der Waals surface area contributed by atoms with E-state index in [1.54, 1.807) is 31.2 Å². The Labute approximate surface area is 204 Å². The fourth-order valence-corrected chi connectivity index (χ4v) is 4.17. The predicted molar refractivity (Wildman–Crippen MR) is 125 cm³/mol. The molecule has 3 aromatic carbocycles. The van der Waals surface area contributed by atoms with Crippen molar-refractivity contribution in [1.82, 2.24) is 0 Å². The third kappa shape index (κ3) is 6.80. The predicted octanol–water partition coefficient (Wildman–Crippen LogP) is 5.57. The third-order valence-electron chi connectivity index (χ3n) is 4.70. The zero-order valence-electron chi connectivity index (χ0n) is 18.4. The number of amides is 1. The summed E-state index contributed by atoms with van der Waals surface area (Å²) in [7, 11) is -2.68. The van der Waals surface area contributed by atoms with Gasteiger partial charge in [-0.05, 0) is 73.7 Å². The lowest BCUT2D eigenvalue weighted by atomic mass is 10.2. The van der Waals surface area contributed by atoms with Crippen LogP contribution in [0.1, 0.15) is 12.5 Å². The average Bonchev–Trinajstić information content (AvgIpc) is 2.80. The molecule has 35 heavy (non-hydrogen) atoms. The largest absolute Gasteiger partial charge is 0.497 e. The standard InChI is InChI=1S/C23H20ClF3N2O5S/c1-14(34-18-8-6-17(33-2)7-9-18)22(30)28-15-3-10-19(11-4-15)35(31,32)29-16-5-12-21(24)20(13-16)23(25,26)27/h3-14,29H,1-2H3,(H,28,30). The van der Waals surface area contributed by atoms with E-state index in [0.717, 1.165) is 12.1 Å². The van der Waals surface area contributed by atoms with Gasteiger partial charge in [0.1, 0.15) is 11.5 Å². The summed E-state index contributed by atoms with van der Waals surface area (Å²) in [5.41, 5.74) is -1.17. The second kappa shape index (κ2) is 10.4. The summed E-state index contributed by atoms with van der Waals surface area (Å²) in [6.45, 7) is 1.55. The van der Waals surface area contributed by atoms with Crippen LogP contribution in [0.25, 0.3) is 0 Å².